The number of ether oxygens (including phenoxy) is 2. The largest absolute Gasteiger partial charge is 0.484 e. The molecule has 10 nitrogen and oxygen atoms in total. The molecule has 2 N–H and O–H groups in total. The van der Waals surface area contributed by atoms with Crippen LogP contribution in [0.5, 0.6) is 5.75 Å². The van der Waals surface area contributed by atoms with Gasteiger partial charge >= 0.3 is 12.3 Å². The SMILES string of the molecule is CC(=O)NCC1CN(S(=O)(=O)c2cccc(C#N)c2)c2cc(NC(=O)OC(C)(C)C(F)(F)F)ccc2O1. The fourth-order valence-electron chi connectivity index (χ4n) is 3.27. The van der Waals surface area contributed by atoms with E-state index in [4.69, 9.17) is 10.00 Å². The normalized spacial score (nSPS) is 15.6. The number of rotatable bonds is 6. The zero-order valence-corrected chi connectivity index (χ0v) is 20.7. The molecule has 0 saturated heterocycles. The van der Waals surface area contributed by atoms with Crippen molar-refractivity contribution in [2.45, 2.75) is 43.5 Å². The molecule has 3 rings (SSSR count). The first-order valence-corrected chi connectivity index (χ1v) is 12.2. The second kappa shape index (κ2) is 10.2. The van der Waals surface area contributed by atoms with Gasteiger partial charge in [0, 0.05) is 12.6 Å². The highest BCUT2D eigenvalue weighted by molar-refractivity contribution is 7.92. The first-order chi connectivity index (χ1) is 17.1. The number of benzene rings is 2. The molecule has 0 fully saturated rings. The third kappa shape index (κ3) is 6.23. The molecule has 0 aromatic heterocycles. The number of fused-ring (bicyclic) bond motifs is 1. The van der Waals surface area contributed by atoms with Crippen LogP contribution in [0.4, 0.5) is 29.3 Å². The third-order valence-corrected chi connectivity index (χ3v) is 7.07. The molecular weight excluding hydrogens is 517 g/mol. The number of carbonyl (C=O) groups is 2. The van der Waals surface area contributed by atoms with Gasteiger partial charge in [0.15, 0.2) is 0 Å². The minimum absolute atomic E-state index is 0.0160. The number of nitrogens with zero attached hydrogens (tertiary/aromatic N) is 2. The molecule has 1 aliphatic heterocycles. The summed E-state index contributed by atoms with van der Waals surface area (Å²) in [4.78, 5) is 23.3. The number of sulfonamides is 1. The summed E-state index contributed by atoms with van der Waals surface area (Å²) in [6.45, 7) is 2.40. The van der Waals surface area contributed by atoms with Crippen LogP contribution in [0.3, 0.4) is 0 Å². The Hall–Kier alpha value is -3.99. The van der Waals surface area contributed by atoms with E-state index in [1.807, 2.05) is 6.07 Å². The van der Waals surface area contributed by atoms with E-state index in [0.717, 1.165) is 4.31 Å². The smallest absolute Gasteiger partial charge is 0.427 e. The number of amides is 2. The number of carbonyl (C=O) groups excluding carboxylic acids is 2. The van der Waals surface area contributed by atoms with Gasteiger partial charge in [0.05, 0.1) is 35.3 Å². The van der Waals surface area contributed by atoms with Crippen molar-refractivity contribution in [3.05, 3.63) is 48.0 Å². The zero-order valence-electron chi connectivity index (χ0n) is 19.9. The molecule has 2 aromatic carbocycles. The lowest BCUT2D eigenvalue weighted by molar-refractivity contribution is -0.242. The van der Waals surface area contributed by atoms with Crippen molar-refractivity contribution in [3.63, 3.8) is 0 Å². The Balaban J connectivity index is 1.98. The number of nitriles is 1. The van der Waals surface area contributed by atoms with Crippen LogP contribution in [0.1, 0.15) is 26.3 Å². The molecular formula is C23H23F3N4O6S. The maximum absolute atomic E-state index is 13.6. The number of alkyl halides is 3. The monoisotopic (exact) mass is 540 g/mol. The Labute approximate surface area is 211 Å². The molecule has 1 atom stereocenters. The Morgan fingerprint density at radius 1 is 1.22 bits per heavy atom. The summed E-state index contributed by atoms with van der Waals surface area (Å²) in [5.74, 6) is -0.276. The molecule has 0 radical (unpaired) electrons. The van der Waals surface area contributed by atoms with E-state index >= 15 is 0 Å². The Morgan fingerprint density at radius 2 is 1.92 bits per heavy atom. The standard InChI is InChI=1S/C23H23F3N4O6S/c1-14(31)28-12-17-13-30(37(33,34)18-6-4-5-15(9-18)11-27)19-10-16(7-8-20(19)35-17)29-21(32)36-22(2,3)23(24,25)26/h4-10,17H,12-13H2,1-3H3,(H,28,31)(H,29,32). The van der Waals surface area contributed by atoms with Crippen molar-refractivity contribution in [2.75, 3.05) is 22.7 Å². The van der Waals surface area contributed by atoms with E-state index in [9.17, 15) is 31.2 Å². The average Bonchev–Trinajstić information content (AvgIpc) is 2.81. The molecule has 1 unspecified atom stereocenters. The lowest BCUT2D eigenvalue weighted by Crippen LogP contribution is -2.48. The molecule has 37 heavy (non-hydrogen) atoms. The Morgan fingerprint density at radius 3 is 2.54 bits per heavy atom. The summed E-state index contributed by atoms with van der Waals surface area (Å²) >= 11 is 0. The summed E-state index contributed by atoms with van der Waals surface area (Å²) in [5, 5.41) is 13.9. The van der Waals surface area contributed by atoms with Crippen molar-refractivity contribution < 1.29 is 40.7 Å². The number of hydrogen-bond acceptors (Lipinski definition) is 7. The molecule has 14 heteroatoms. The van der Waals surface area contributed by atoms with Crippen LogP contribution in [-0.2, 0) is 19.6 Å². The van der Waals surface area contributed by atoms with Gasteiger partial charge in [-0.05, 0) is 50.2 Å². The van der Waals surface area contributed by atoms with E-state index in [2.05, 4.69) is 15.4 Å². The highest BCUT2D eigenvalue weighted by Crippen LogP contribution is 2.39. The first kappa shape index (κ1) is 27.6. The molecule has 0 saturated carbocycles. The van der Waals surface area contributed by atoms with Gasteiger partial charge in [0.2, 0.25) is 11.5 Å². The van der Waals surface area contributed by atoms with E-state index < -0.39 is 34.0 Å². The van der Waals surface area contributed by atoms with Crippen LogP contribution in [0, 0.1) is 11.3 Å². The number of anilines is 2. The molecule has 0 spiro atoms. The van der Waals surface area contributed by atoms with Gasteiger partial charge < -0.3 is 14.8 Å². The van der Waals surface area contributed by atoms with Crippen LogP contribution >= 0.6 is 0 Å². The summed E-state index contributed by atoms with van der Waals surface area (Å²) < 4.78 is 77.6. The minimum Gasteiger partial charge on any atom is -0.484 e. The molecule has 0 bridgehead atoms. The van der Waals surface area contributed by atoms with Crippen LogP contribution in [0.25, 0.3) is 0 Å². The molecule has 0 aliphatic carbocycles. The van der Waals surface area contributed by atoms with Crippen LogP contribution < -0.4 is 19.7 Å². The maximum Gasteiger partial charge on any atom is 0.427 e. The zero-order chi connectivity index (χ0) is 27.6. The minimum atomic E-state index is -4.82. The predicted octanol–water partition coefficient (Wildman–Crippen LogP) is 3.54. The Bertz CT molecular complexity index is 1350. The number of nitrogens with one attached hydrogen (secondary N) is 2. The molecule has 2 amide bonds. The molecule has 1 heterocycles. The fourth-order valence-corrected chi connectivity index (χ4v) is 4.81. The van der Waals surface area contributed by atoms with Crippen molar-refractivity contribution >= 4 is 33.4 Å². The Kier molecular flexibility index (Phi) is 7.59. The average molecular weight is 541 g/mol. The lowest BCUT2D eigenvalue weighted by Gasteiger charge is -2.36. The van der Waals surface area contributed by atoms with Crippen molar-refractivity contribution in [1.82, 2.24) is 5.32 Å². The van der Waals surface area contributed by atoms with Crippen molar-refractivity contribution in [1.29, 1.82) is 5.26 Å². The molecule has 1 aliphatic rings. The van der Waals surface area contributed by atoms with Crippen LogP contribution in [-0.4, -0.2) is 51.4 Å². The van der Waals surface area contributed by atoms with Crippen molar-refractivity contribution in [3.8, 4) is 11.8 Å². The van der Waals surface area contributed by atoms with E-state index in [0.29, 0.717) is 13.8 Å². The van der Waals surface area contributed by atoms with E-state index in [-0.39, 0.29) is 46.6 Å². The van der Waals surface area contributed by atoms with Crippen molar-refractivity contribution in [2.24, 2.45) is 0 Å². The van der Waals surface area contributed by atoms with Crippen LogP contribution in [0.2, 0.25) is 0 Å². The third-order valence-electron chi connectivity index (χ3n) is 5.30. The summed E-state index contributed by atoms with van der Waals surface area (Å²) in [6.07, 6.45) is -7.01. The van der Waals surface area contributed by atoms with Gasteiger partial charge in [-0.3, -0.25) is 14.4 Å². The van der Waals surface area contributed by atoms with Gasteiger partial charge in [-0.15, -0.1) is 0 Å². The fraction of sp³-hybridized carbons (Fsp3) is 0.348. The molecule has 198 valence electrons. The summed E-state index contributed by atoms with van der Waals surface area (Å²) in [6, 6.07) is 11.0. The second-order valence-electron chi connectivity index (χ2n) is 8.56. The van der Waals surface area contributed by atoms with E-state index in [1.54, 1.807) is 0 Å². The highest BCUT2D eigenvalue weighted by atomic mass is 32.2. The van der Waals surface area contributed by atoms with Gasteiger partial charge in [-0.25, -0.2) is 13.2 Å². The first-order valence-electron chi connectivity index (χ1n) is 10.8. The van der Waals surface area contributed by atoms with Gasteiger partial charge in [0.25, 0.3) is 10.0 Å². The maximum atomic E-state index is 13.6. The second-order valence-corrected chi connectivity index (χ2v) is 10.4. The highest BCUT2D eigenvalue weighted by Gasteiger charge is 2.51. The number of halogens is 3. The summed E-state index contributed by atoms with van der Waals surface area (Å²) in [5.41, 5.74) is -2.74. The van der Waals surface area contributed by atoms with Gasteiger partial charge in [-0.2, -0.15) is 18.4 Å². The van der Waals surface area contributed by atoms with Gasteiger partial charge in [-0.1, -0.05) is 6.07 Å². The van der Waals surface area contributed by atoms with Crippen LogP contribution in [0.15, 0.2) is 47.4 Å². The lowest BCUT2D eigenvalue weighted by atomic mass is 10.1. The predicted molar refractivity (Wildman–Crippen MR) is 125 cm³/mol. The topological polar surface area (TPSA) is 138 Å². The molecule has 2 aromatic rings. The van der Waals surface area contributed by atoms with Gasteiger partial charge in [0.1, 0.15) is 11.9 Å². The quantitative estimate of drug-likeness (QED) is 0.572. The summed E-state index contributed by atoms with van der Waals surface area (Å²) in [7, 11) is -4.28. The number of hydrogen-bond donors (Lipinski definition) is 2. The van der Waals surface area contributed by atoms with E-state index in [1.165, 1.54) is 49.4 Å².